The number of carbonyl (C=O) groups is 2. The van der Waals surface area contributed by atoms with Crippen molar-refractivity contribution in [2.75, 3.05) is 0 Å². The number of allylic oxidation sites excluding steroid dienone is 1. The second-order valence-corrected chi connectivity index (χ2v) is 2.40. The molecule has 0 aliphatic rings. The zero-order valence-electron chi connectivity index (χ0n) is 7.99. The molecular weight excluding hydrogens is 172 g/mol. The molecule has 0 bridgehead atoms. The third-order valence-corrected chi connectivity index (χ3v) is 0.985. The summed E-state index contributed by atoms with van der Waals surface area (Å²) in [5, 5.41) is 15.5. The van der Waals surface area contributed by atoms with E-state index in [4.69, 9.17) is 15.0 Å². The van der Waals surface area contributed by atoms with Gasteiger partial charge in [0.1, 0.15) is 0 Å². The Labute approximate surface area is 77.9 Å². The predicted molar refractivity (Wildman–Crippen MR) is 49.6 cm³/mol. The number of rotatable bonds is 4. The molecule has 4 nitrogen and oxygen atoms in total. The van der Waals surface area contributed by atoms with Gasteiger partial charge < -0.3 is 10.2 Å². The van der Waals surface area contributed by atoms with Crippen LogP contribution >= 0.6 is 0 Å². The molecule has 0 saturated carbocycles. The van der Waals surface area contributed by atoms with E-state index < -0.39 is 11.9 Å². The standard InChI is InChI=1S/C7H12O2.C2H4O2/c1-2-3-4-5-6-7(8)9;1-2(3)4/h5-6H,2-4H2,1H3,(H,8,9);1H3,(H,3,4). The molecule has 0 aliphatic heterocycles. The zero-order valence-corrected chi connectivity index (χ0v) is 7.99. The summed E-state index contributed by atoms with van der Waals surface area (Å²) in [7, 11) is 0. The lowest BCUT2D eigenvalue weighted by Gasteiger charge is -1.85. The van der Waals surface area contributed by atoms with Crippen molar-refractivity contribution in [3.05, 3.63) is 12.2 Å². The van der Waals surface area contributed by atoms with Crippen molar-refractivity contribution in [1.82, 2.24) is 0 Å². The Morgan fingerprint density at radius 1 is 1.31 bits per heavy atom. The van der Waals surface area contributed by atoms with Crippen molar-refractivity contribution < 1.29 is 19.8 Å². The Hall–Kier alpha value is -1.32. The topological polar surface area (TPSA) is 74.6 Å². The summed E-state index contributed by atoms with van der Waals surface area (Å²) in [6.45, 7) is 3.16. The van der Waals surface area contributed by atoms with Gasteiger partial charge >= 0.3 is 5.97 Å². The fraction of sp³-hybridized carbons (Fsp3) is 0.556. The summed E-state index contributed by atoms with van der Waals surface area (Å²) in [5.74, 6) is -1.69. The molecule has 0 heterocycles. The molecule has 0 radical (unpaired) electrons. The fourth-order valence-corrected chi connectivity index (χ4v) is 0.506. The highest BCUT2D eigenvalue weighted by Crippen LogP contribution is 1.93. The minimum Gasteiger partial charge on any atom is -0.481 e. The molecule has 0 atom stereocenters. The lowest BCUT2D eigenvalue weighted by molar-refractivity contribution is -0.134. The largest absolute Gasteiger partial charge is 0.481 e. The van der Waals surface area contributed by atoms with E-state index in [-0.39, 0.29) is 0 Å². The van der Waals surface area contributed by atoms with Crippen LogP contribution in [0.3, 0.4) is 0 Å². The van der Waals surface area contributed by atoms with Crippen LogP contribution in [0.15, 0.2) is 12.2 Å². The first kappa shape index (κ1) is 14.2. The molecule has 0 saturated heterocycles. The van der Waals surface area contributed by atoms with E-state index in [1.807, 2.05) is 0 Å². The van der Waals surface area contributed by atoms with Crippen molar-refractivity contribution in [3.8, 4) is 0 Å². The molecule has 0 unspecified atom stereocenters. The maximum Gasteiger partial charge on any atom is 0.327 e. The van der Waals surface area contributed by atoms with E-state index in [2.05, 4.69) is 6.92 Å². The minimum absolute atomic E-state index is 0.833. The van der Waals surface area contributed by atoms with E-state index in [1.54, 1.807) is 6.08 Å². The maximum absolute atomic E-state index is 9.88. The first-order chi connectivity index (χ1) is 6.00. The molecule has 0 rings (SSSR count). The second-order valence-electron chi connectivity index (χ2n) is 2.40. The van der Waals surface area contributed by atoms with Gasteiger partial charge in [-0.1, -0.05) is 25.8 Å². The lowest BCUT2D eigenvalue weighted by Crippen LogP contribution is -1.85. The normalized spacial score (nSPS) is 9.08. The quantitative estimate of drug-likeness (QED) is 0.522. The van der Waals surface area contributed by atoms with Crippen molar-refractivity contribution in [3.63, 3.8) is 0 Å². The molecule has 0 aromatic heterocycles. The highest BCUT2D eigenvalue weighted by atomic mass is 16.4. The molecule has 2 N–H and O–H groups in total. The average molecular weight is 188 g/mol. The third kappa shape index (κ3) is 36.7. The van der Waals surface area contributed by atoms with Crippen LogP contribution in [-0.2, 0) is 9.59 Å². The first-order valence-electron chi connectivity index (χ1n) is 4.09. The molecule has 0 aromatic carbocycles. The van der Waals surface area contributed by atoms with Crippen molar-refractivity contribution in [1.29, 1.82) is 0 Å². The fourth-order valence-electron chi connectivity index (χ4n) is 0.506. The summed E-state index contributed by atoms with van der Waals surface area (Å²) in [4.78, 5) is 18.9. The summed E-state index contributed by atoms with van der Waals surface area (Å²) in [6, 6.07) is 0. The molecule has 76 valence electrons. The Bertz CT molecular complexity index is 168. The van der Waals surface area contributed by atoms with Gasteiger partial charge in [0.2, 0.25) is 0 Å². The number of carboxylic acids is 2. The van der Waals surface area contributed by atoms with E-state index in [1.165, 1.54) is 6.08 Å². The van der Waals surface area contributed by atoms with Crippen LogP contribution in [0, 0.1) is 0 Å². The zero-order chi connectivity index (χ0) is 10.7. The maximum atomic E-state index is 9.88. The summed E-state index contributed by atoms with van der Waals surface area (Å²) < 4.78 is 0. The highest BCUT2D eigenvalue weighted by molar-refractivity contribution is 5.79. The van der Waals surface area contributed by atoms with E-state index in [9.17, 15) is 4.79 Å². The predicted octanol–water partition coefficient (Wildman–Crippen LogP) is 1.91. The van der Waals surface area contributed by atoms with Crippen LogP contribution in [0.25, 0.3) is 0 Å². The van der Waals surface area contributed by atoms with E-state index >= 15 is 0 Å². The van der Waals surface area contributed by atoms with Crippen LogP contribution in [0.1, 0.15) is 33.1 Å². The van der Waals surface area contributed by atoms with Gasteiger partial charge in [0, 0.05) is 13.0 Å². The van der Waals surface area contributed by atoms with Crippen molar-refractivity contribution in [2.45, 2.75) is 33.1 Å². The summed E-state index contributed by atoms with van der Waals surface area (Å²) in [5.41, 5.74) is 0. The molecule has 0 aliphatic carbocycles. The van der Waals surface area contributed by atoms with Crippen molar-refractivity contribution in [2.24, 2.45) is 0 Å². The SMILES string of the molecule is CC(=O)O.CCCCC=CC(=O)O. The molecule has 0 amide bonds. The first-order valence-corrected chi connectivity index (χ1v) is 4.09. The van der Waals surface area contributed by atoms with Gasteiger partial charge in [-0.3, -0.25) is 4.79 Å². The van der Waals surface area contributed by atoms with Gasteiger partial charge in [-0.15, -0.1) is 0 Å². The van der Waals surface area contributed by atoms with Crippen LogP contribution in [0.2, 0.25) is 0 Å². The number of hydrogen-bond acceptors (Lipinski definition) is 2. The van der Waals surface area contributed by atoms with Gasteiger partial charge in [-0.2, -0.15) is 0 Å². The molecule has 0 spiro atoms. The van der Waals surface area contributed by atoms with E-state index in [0.717, 1.165) is 26.2 Å². The van der Waals surface area contributed by atoms with Gasteiger partial charge in [0.25, 0.3) is 5.97 Å². The van der Waals surface area contributed by atoms with Crippen LogP contribution in [-0.4, -0.2) is 22.2 Å². The van der Waals surface area contributed by atoms with Crippen molar-refractivity contribution >= 4 is 11.9 Å². The van der Waals surface area contributed by atoms with Crippen LogP contribution < -0.4 is 0 Å². The minimum atomic E-state index is -0.855. The lowest BCUT2D eigenvalue weighted by atomic mass is 10.2. The van der Waals surface area contributed by atoms with Gasteiger partial charge in [-0.05, 0) is 6.42 Å². The number of hydrogen-bond donors (Lipinski definition) is 2. The smallest absolute Gasteiger partial charge is 0.327 e. The Balaban J connectivity index is 0. The van der Waals surface area contributed by atoms with Gasteiger partial charge in [-0.25, -0.2) is 4.79 Å². The third-order valence-electron chi connectivity index (χ3n) is 0.985. The number of carboxylic acid groups (broad SMARTS) is 2. The molecule has 0 aromatic rings. The number of unbranched alkanes of at least 4 members (excludes halogenated alkanes) is 2. The Morgan fingerprint density at radius 2 is 1.77 bits per heavy atom. The Kier molecular flexibility index (Phi) is 11.7. The van der Waals surface area contributed by atoms with Gasteiger partial charge in [0.05, 0.1) is 0 Å². The molecular formula is C9H16O4. The summed E-state index contributed by atoms with van der Waals surface area (Å²) >= 11 is 0. The molecule has 13 heavy (non-hydrogen) atoms. The van der Waals surface area contributed by atoms with Crippen LogP contribution in [0.5, 0.6) is 0 Å². The van der Waals surface area contributed by atoms with Crippen LogP contribution in [0.4, 0.5) is 0 Å². The molecule has 0 fully saturated rings. The second kappa shape index (κ2) is 10.7. The highest BCUT2D eigenvalue weighted by Gasteiger charge is 1.83. The van der Waals surface area contributed by atoms with Gasteiger partial charge in [0.15, 0.2) is 0 Å². The molecule has 4 heteroatoms. The van der Waals surface area contributed by atoms with E-state index in [0.29, 0.717) is 0 Å². The summed E-state index contributed by atoms with van der Waals surface area (Å²) in [6.07, 6.45) is 5.94. The average Bonchev–Trinajstić information content (AvgIpc) is 1.97. The monoisotopic (exact) mass is 188 g/mol. The Morgan fingerprint density at radius 3 is 2.08 bits per heavy atom. The number of aliphatic carboxylic acids is 2.